The van der Waals surface area contributed by atoms with Gasteiger partial charge in [-0.05, 0) is 13.0 Å². The lowest BCUT2D eigenvalue weighted by molar-refractivity contribution is 0.129. The highest BCUT2D eigenvalue weighted by Crippen LogP contribution is 2.32. The Morgan fingerprint density at radius 3 is 2.88 bits per heavy atom. The van der Waals surface area contributed by atoms with Crippen LogP contribution in [0.15, 0.2) is 28.7 Å². The molecule has 1 saturated heterocycles. The zero-order valence-electron chi connectivity index (χ0n) is 8.82. The van der Waals surface area contributed by atoms with Gasteiger partial charge in [-0.3, -0.25) is 0 Å². The molecule has 1 aliphatic heterocycles. The Bertz CT molecular complexity index is 558. The van der Waals surface area contributed by atoms with Crippen molar-refractivity contribution in [3.05, 3.63) is 35.6 Å². The molecular formula is C12H11NO3. The van der Waals surface area contributed by atoms with Gasteiger partial charge in [0.1, 0.15) is 5.58 Å². The number of benzene rings is 1. The van der Waals surface area contributed by atoms with Crippen molar-refractivity contribution >= 4 is 17.1 Å². The zero-order valence-corrected chi connectivity index (χ0v) is 8.82. The molecule has 0 saturated carbocycles. The molecule has 1 atom stereocenters. The second-order valence-electron chi connectivity index (χ2n) is 3.86. The van der Waals surface area contributed by atoms with Crippen LogP contribution in [-0.4, -0.2) is 12.6 Å². The number of nitrogens with one attached hydrogen (secondary N) is 1. The number of amides is 1. The summed E-state index contributed by atoms with van der Waals surface area (Å²) in [6.07, 6.45) is -0.690. The maximum atomic E-state index is 11.0. The molecule has 1 aliphatic rings. The summed E-state index contributed by atoms with van der Waals surface area (Å²) >= 11 is 0. The van der Waals surface area contributed by atoms with Crippen molar-refractivity contribution in [1.29, 1.82) is 0 Å². The molecule has 1 aromatic heterocycles. The zero-order chi connectivity index (χ0) is 11.1. The third-order valence-corrected chi connectivity index (χ3v) is 2.85. The van der Waals surface area contributed by atoms with Crippen LogP contribution in [0.3, 0.4) is 0 Å². The molecule has 1 fully saturated rings. The van der Waals surface area contributed by atoms with Crippen LogP contribution in [-0.2, 0) is 4.74 Å². The molecule has 1 unspecified atom stereocenters. The lowest BCUT2D eigenvalue weighted by Crippen LogP contribution is -2.12. The Balaban J connectivity index is 2.10. The Morgan fingerprint density at radius 2 is 2.19 bits per heavy atom. The summed E-state index contributed by atoms with van der Waals surface area (Å²) in [4.78, 5) is 11.0. The van der Waals surface area contributed by atoms with Gasteiger partial charge in [-0.25, -0.2) is 4.79 Å². The van der Waals surface area contributed by atoms with Crippen LogP contribution in [0.2, 0.25) is 0 Å². The third kappa shape index (κ3) is 1.26. The van der Waals surface area contributed by atoms with Crippen LogP contribution in [0.5, 0.6) is 0 Å². The summed E-state index contributed by atoms with van der Waals surface area (Å²) in [5, 5.41) is 3.69. The van der Waals surface area contributed by atoms with Gasteiger partial charge in [0.05, 0.1) is 6.54 Å². The number of cyclic esters (lactones) is 1. The van der Waals surface area contributed by atoms with Crippen LogP contribution < -0.4 is 5.32 Å². The second-order valence-corrected chi connectivity index (χ2v) is 3.86. The van der Waals surface area contributed by atoms with E-state index in [2.05, 4.69) is 5.32 Å². The van der Waals surface area contributed by atoms with E-state index >= 15 is 0 Å². The van der Waals surface area contributed by atoms with Crippen molar-refractivity contribution in [2.45, 2.75) is 13.0 Å². The van der Waals surface area contributed by atoms with Gasteiger partial charge in [-0.1, -0.05) is 18.2 Å². The number of fused-ring (bicyclic) bond motifs is 1. The minimum Gasteiger partial charge on any atom is -0.457 e. The van der Waals surface area contributed by atoms with E-state index in [1.165, 1.54) is 0 Å². The van der Waals surface area contributed by atoms with Crippen LogP contribution in [0.25, 0.3) is 11.0 Å². The predicted octanol–water partition coefficient (Wildman–Crippen LogP) is 2.52. The molecular weight excluding hydrogens is 206 g/mol. The first-order valence-corrected chi connectivity index (χ1v) is 5.18. The maximum absolute atomic E-state index is 11.0. The molecule has 0 aliphatic carbocycles. The quantitative estimate of drug-likeness (QED) is 0.798. The largest absolute Gasteiger partial charge is 0.457 e. The first-order chi connectivity index (χ1) is 7.75. The van der Waals surface area contributed by atoms with Crippen molar-refractivity contribution < 1.29 is 13.9 Å². The van der Waals surface area contributed by atoms with Gasteiger partial charge >= 0.3 is 6.09 Å². The van der Waals surface area contributed by atoms with E-state index in [4.69, 9.17) is 9.15 Å². The van der Waals surface area contributed by atoms with Gasteiger partial charge in [0, 0.05) is 10.9 Å². The van der Waals surface area contributed by atoms with Crippen LogP contribution in [0.1, 0.15) is 17.4 Å². The predicted molar refractivity (Wildman–Crippen MR) is 58.2 cm³/mol. The molecule has 2 aromatic rings. The second kappa shape index (κ2) is 3.27. The van der Waals surface area contributed by atoms with E-state index in [0.717, 1.165) is 22.3 Å². The summed E-state index contributed by atoms with van der Waals surface area (Å²) in [5.41, 5.74) is 1.87. The number of hydrogen-bond donors (Lipinski definition) is 1. The van der Waals surface area contributed by atoms with Gasteiger partial charge in [-0.2, -0.15) is 0 Å². The average molecular weight is 217 g/mol. The highest BCUT2D eigenvalue weighted by molar-refractivity contribution is 5.82. The van der Waals surface area contributed by atoms with Crippen molar-refractivity contribution in [2.24, 2.45) is 0 Å². The topological polar surface area (TPSA) is 51.5 Å². The summed E-state index contributed by atoms with van der Waals surface area (Å²) in [7, 11) is 0. The van der Waals surface area contributed by atoms with Crippen LogP contribution >= 0.6 is 0 Å². The highest BCUT2D eigenvalue weighted by atomic mass is 16.6. The Kier molecular flexibility index (Phi) is 1.89. The molecule has 0 bridgehead atoms. The molecule has 16 heavy (non-hydrogen) atoms. The van der Waals surface area contributed by atoms with E-state index < -0.39 is 0 Å². The normalized spacial score (nSPS) is 19.8. The Hall–Kier alpha value is -1.97. The molecule has 4 heteroatoms. The number of para-hydroxylation sites is 1. The lowest BCUT2D eigenvalue weighted by Gasteiger charge is -2.04. The Morgan fingerprint density at radius 1 is 1.38 bits per heavy atom. The molecule has 4 nitrogen and oxygen atoms in total. The summed E-state index contributed by atoms with van der Waals surface area (Å²) in [6, 6.07) is 7.80. The standard InChI is InChI=1S/C12H11NO3/c1-7-8-4-2-3-5-9(8)15-11(7)10-6-13-12(14)16-10/h2-5,10H,6H2,1H3,(H,13,14). The number of hydrogen-bond acceptors (Lipinski definition) is 3. The highest BCUT2D eigenvalue weighted by Gasteiger charge is 2.29. The fourth-order valence-electron chi connectivity index (χ4n) is 2.04. The van der Waals surface area contributed by atoms with Gasteiger partial charge in [0.2, 0.25) is 0 Å². The van der Waals surface area contributed by atoms with Crippen molar-refractivity contribution in [2.75, 3.05) is 6.54 Å². The van der Waals surface area contributed by atoms with Crippen molar-refractivity contribution in [3.63, 3.8) is 0 Å². The van der Waals surface area contributed by atoms with Crippen molar-refractivity contribution in [1.82, 2.24) is 5.32 Å². The number of carbonyl (C=O) groups excluding carboxylic acids is 1. The smallest absolute Gasteiger partial charge is 0.408 e. The fraction of sp³-hybridized carbons (Fsp3) is 0.250. The third-order valence-electron chi connectivity index (χ3n) is 2.85. The van der Waals surface area contributed by atoms with E-state index in [9.17, 15) is 4.79 Å². The molecule has 1 amide bonds. The van der Waals surface area contributed by atoms with Gasteiger partial charge in [0.15, 0.2) is 11.9 Å². The number of ether oxygens (including phenoxy) is 1. The summed E-state index contributed by atoms with van der Waals surface area (Å²) < 4.78 is 10.8. The monoisotopic (exact) mass is 217 g/mol. The van der Waals surface area contributed by atoms with E-state index in [0.29, 0.717) is 6.54 Å². The van der Waals surface area contributed by atoms with Gasteiger partial charge < -0.3 is 14.5 Å². The van der Waals surface area contributed by atoms with Gasteiger partial charge in [0.25, 0.3) is 0 Å². The van der Waals surface area contributed by atoms with Crippen LogP contribution in [0, 0.1) is 6.92 Å². The van der Waals surface area contributed by atoms with E-state index in [1.807, 2.05) is 31.2 Å². The molecule has 1 N–H and O–H groups in total. The number of rotatable bonds is 1. The minimum absolute atomic E-state index is 0.306. The maximum Gasteiger partial charge on any atom is 0.408 e. The molecule has 1 aromatic carbocycles. The number of carbonyl (C=O) groups is 1. The van der Waals surface area contributed by atoms with Crippen LogP contribution in [0.4, 0.5) is 4.79 Å². The fourth-order valence-corrected chi connectivity index (χ4v) is 2.04. The summed E-state index contributed by atoms with van der Waals surface area (Å²) in [5.74, 6) is 0.736. The number of furan rings is 1. The molecule has 82 valence electrons. The first-order valence-electron chi connectivity index (χ1n) is 5.18. The van der Waals surface area contributed by atoms with Gasteiger partial charge in [-0.15, -0.1) is 0 Å². The van der Waals surface area contributed by atoms with E-state index in [1.54, 1.807) is 0 Å². The molecule has 0 radical (unpaired) electrons. The summed E-state index contributed by atoms with van der Waals surface area (Å²) in [6.45, 7) is 2.45. The average Bonchev–Trinajstić information content (AvgIpc) is 2.84. The number of alkyl carbamates (subject to hydrolysis) is 1. The Labute approximate surface area is 92.2 Å². The number of aryl methyl sites for hydroxylation is 1. The van der Waals surface area contributed by atoms with E-state index in [-0.39, 0.29) is 12.2 Å². The van der Waals surface area contributed by atoms with Crippen molar-refractivity contribution in [3.8, 4) is 0 Å². The lowest BCUT2D eigenvalue weighted by atomic mass is 10.1. The minimum atomic E-state index is -0.384. The SMILES string of the molecule is Cc1c(C2CNC(=O)O2)oc2ccccc12. The molecule has 3 rings (SSSR count). The first kappa shape index (κ1) is 9.27. The molecule has 0 spiro atoms. The molecule has 2 heterocycles.